The van der Waals surface area contributed by atoms with Crippen molar-refractivity contribution in [2.75, 3.05) is 6.66 Å². The Bertz CT molecular complexity index is 838. The van der Waals surface area contributed by atoms with E-state index in [1.165, 1.54) is 17.3 Å². The maximum Gasteiger partial charge on any atom is 0.0907 e. The quantitative estimate of drug-likeness (QED) is 0.474. The highest BCUT2D eigenvalue weighted by molar-refractivity contribution is 7.73. The summed E-state index contributed by atoms with van der Waals surface area (Å²) >= 11 is 0. The molecule has 0 aliphatic carbocycles. The minimum absolute atomic E-state index is 0.170. The smallest absolute Gasteiger partial charge is 0.0907 e. The maximum absolute atomic E-state index is 5.32. The number of benzene rings is 1. The number of rotatable bonds is 4. The first kappa shape index (κ1) is 24.7. The number of aromatic nitrogens is 2. The predicted molar refractivity (Wildman–Crippen MR) is 136 cm³/mol. The van der Waals surface area contributed by atoms with Crippen LogP contribution in [0.4, 0.5) is 0 Å². The molecule has 29 heavy (non-hydrogen) atoms. The van der Waals surface area contributed by atoms with Crippen LogP contribution in [0.5, 0.6) is 0 Å². The molecule has 162 valence electrons. The van der Waals surface area contributed by atoms with Crippen molar-refractivity contribution in [2.45, 2.75) is 98.1 Å². The van der Waals surface area contributed by atoms with Crippen LogP contribution in [0.15, 0.2) is 24.3 Å². The van der Waals surface area contributed by atoms with Crippen molar-refractivity contribution < 1.29 is 0 Å². The van der Waals surface area contributed by atoms with Gasteiger partial charge in [0, 0.05) is 0 Å². The van der Waals surface area contributed by atoms with Crippen molar-refractivity contribution in [3.63, 3.8) is 0 Å². The van der Waals surface area contributed by atoms with Crippen LogP contribution in [0.2, 0.25) is 0 Å². The van der Waals surface area contributed by atoms with E-state index in [9.17, 15) is 0 Å². The molecule has 0 spiro atoms. The third-order valence-electron chi connectivity index (χ3n) is 5.28. The van der Waals surface area contributed by atoms with Crippen molar-refractivity contribution in [1.29, 1.82) is 0 Å². The molecular formula is C25H42N2P2. The lowest BCUT2D eigenvalue weighted by Crippen LogP contribution is -2.42. The van der Waals surface area contributed by atoms with Gasteiger partial charge in [-0.15, -0.1) is 0 Å². The highest BCUT2D eigenvalue weighted by Crippen LogP contribution is 2.59. The molecule has 2 rings (SSSR count). The van der Waals surface area contributed by atoms with E-state index in [2.05, 4.69) is 107 Å². The number of hydrogen-bond acceptors (Lipinski definition) is 2. The largest absolute Gasteiger partial charge is 0.244 e. The first-order valence-corrected chi connectivity index (χ1v) is 13.9. The molecular weight excluding hydrogens is 390 g/mol. The van der Waals surface area contributed by atoms with Crippen LogP contribution in [-0.2, 0) is 0 Å². The van der Waals surface area contributed by atoms with Gasteiger partial charge in [-0.1, -0.05) is 88.3 Å². The van der Waals surface area contributed by atoms with E-state index in [4.69, 9.17) is 9.97 Å². The van der Waals surface area contributed by atoms with Gasteiger partial charge in [-0.3, -0.25) is 0 Å². The van der Waals surface area contributed by atoms with E-state index in [1.807, 2.05) is 0 Å². The second kappa shape index (κ2) is 8.16. The standard InChI is InChI=1S/C25H42N2P2/c1-22(2,3)17-25(10,11)28(12)20-21(29(23(4,5)6)24(7,8)9)27-19-16-14-13-15-18(19)26-20/h13-16H,17H2,1-12H3. The molecule has 0 radical (unpaired) electrons. The summed E-state index contributed by atoms with van der Waals surface area (Å²) in [6.07, 6.45) is 1.18. The van der Waals surface area contributed by atoms with Gasteiger partial charge in [0.25, 0.3) is 0 Å². The lowest BCUT2D eigenvalue weighted by atomic mass is 9.86. The van der Waals surface area contributed by atoms with Crippen molar-refractivity contribution in [3.05, 3.63) is 24.3 Å². The van der Waals surface area contributed by atoms with Crippen molar-refractivity contribution >= 4 is 37.7 Å². The Morgan fingerprint density at radius 2 is 1.10 bits per heavy atom. The summed E-state index contributed by atoms with van der Waals surface area (Å²) < 4.78 is 0. The molecule has 0 bridgehead atoms. The Morgan fingerprint density at radius 3 is 1.48 bits per heavy atom. The molecule has 1 atom stereocenters. The lowest BCUT2D eigenvalue weighted by molar-refractivity contribution is 0.337. The molecule has 1 heterocycles. The summed E-state index contributed by atoms with van der Waals surface area (Å²) in [6.45, 7) is 28.6. The first-order chi connectivity index (χ1) is 12.9. The monoisotopic (exact) mass is 432 g/mol. The van der Waals surface area contributed by atoms with Crippen LogP contribution in [-0.4, -0.2) is 32.1 Å². The van der Waals surface area contributed by atoms with Crippen molar-refractivity contribution in [3.8, 4) is 0 Å². The van der Waals surface area contributed by atoms with Gasteiger partial charge in [0.15, 0.2) is 0 Å². The number of para-hydroxylation sites is 2. The number of nitrogens with zero attached hydrogens (tertiary/aromatic N) is 2. The molecule has 1 aromatic carbocycles. The molecule has 0 saturated carbocycles. The zero-order chi connectivity index (χ0) is 22.4. The predicted octanol–water partition coefficient (Wildman–Crippen LogP) is 7.29. The second-order valence-electron chi connectivity index (χ2n) is 12.1. The zero-order valence-electron chi connectivity index (χ0n) is 20.8. The molecule has 0 aliphatic rings. The molecule has 0 aliphatic heterocycles. The summed E-state index contributed by atoms with van der Waals surface area (Å²) in [5.41, 5.74) is 4.93. The summed E-state index contributed by atoms with van der Waals surface area (Å²) in [5, 5.41) is 0.546. The molecule has 0 fully saturated rings. The van der Waals surface area contributed by atoms with Gasteiger partial charge in [-0.05, 0) is 61.9 Å². The zero-order valence-corrected chi connectivity index (χ0v) is 22.6. The molecule has 1 aromatic heterocycles. The average Bonchev–Trinajstić information content (AvgIpc) is 2.48. The van der Waals surface area contributed by atoms with Gasteiger partial charge < -0.3 is 0 Å². The molecule has 4 heteroatoms. The van der Waals surface area contributed by atoms with Crippen LogP contribution < -0.4 is 10.9 Å². The Morgan fingerprint density at radius 1 is 0.690 bits per heavy atom. The fraction of sp³-hybridized carbons (Fsp3) is 0.680. The molecule has 0 N–H and O–H groups in total. The Kier molecular flexibility index (Phi) is 6.95. The minimum Gasteiger partial charge on any atom is -0.244 e. The van der Waals surface area contributed by atoms with Gasteiger partial charge in [-0.25, -0.2) is 9.97 Å². The Hall–Kier alpha value is -0.580. The van der Waals surface area contributed by atoms with Crippen LogP contribution in [0.25, 0.3) is 11.0 Å². The van der Waals surface area contributed by atoms with Gasteiger partial charge in [-0.2, -0.15) is 0 Å². The average molecular weight is 433 g/mol. The Labute approximate surface area is 182 Å². The van der Waals surface area contributed by atoms with Crippen LogP contribution in [0.1, 0.15) is 82.6 Å². The molecule has 2 nitrogen and oxygen atoms in total. The molecule has 0 amide bonds. The fourth-order valence-corrected chi connectivity index (χ4v) is 11.1. The molecule has 0 saturated heterocycles. The van der Waals surface area contributed by atoms with Crippen molar-refractivity contribution in [2.24, 2.45) is 5.41 Å². The molecule has 1 unspecified atom stereocenters. The third-order valence-corrected chi connectivity index (χ3v) is 11.8. The summed E-state index contributed by atoms with van der Waals surface area (Å²) in [4.78, 5) is 10.6. The number of hydrogen-bond donors (Lipinski definition) is 0. The lowest BCUT2D eigenvalue weighted by Gasteiger charge is -2.43. The van der Waals surface area contributed by atoms with E-state index < -0.39 is 15.8 Å². The van der Waals surface area contributed by atoms with Gasteiger partial charge >= 0.3 is 0 Å². The summed E-state index contributed by atoms with van der Waals surface area (Å²) in [7, 11) is -0.963. The van der Waals surface area contributed by atoms with E-state index in [0.717, 1.165) is 11.0 Å². The van der Waals surface area contributed by atoms with E-state index in [-0.39, 0.29) is 15.5 Å². The first-order valence-electron chi connectivity index (χ1n) is 10.7. The Balaban J connectivity index is 2.78. The van der Waals surface area contributed by atoms with Gasteiger partial charge in [0.2, 0.25) is 0 Å². The van der Waals surface area contributed by atoms with Crippen LogP contribution >= 0.6 is 15.8 Å². The fourth-order valence-electron chi connectivity index (χ4n) is 4.70. The van der Waals surface area contributed by atoms with E-state index in [1.54, 1.807) is 0 Å². The normalized spacial score (nSPS) is 15.2. The second-order valence-corrected chi connectivity index (χ2v) is 18.7. The van der Waals surface area contributed by atoms with Gasteiger partial charge in [0.1, 0.15) is 0 Å². The summed E-state index contributed by atoms with van der Waals surface area (Å²) in [5.74, 6) is 0. The topological polar surface area (TPSA) is 25.8 Å². The molecule has 2 aromatic rings. The maximum atomic E-state index is 5.32. The van der Waals surface area contributed by atoms with E-state index in [0.29, 0.717) is 5.41 Å². The summed E-state index contributed by atoms with van der Waals surface area (Å²) in [6, 6.07) is 8.39. The van der Waals surface area contributed by atoms with Gasteiger partial charge in [0.05, 0.1) is 21.9 Å². The number of fused-ring (bicyclic) bond motifs is 1. The van der Waals surface area contributed by atoms with E-state index >= 15 is 0 Å². The van der Waals surface area contributed by atoms with Crippen LogP contribution in [0, 0.1) is 5.41 Å². The van der Waals surface area contributed by atoms with Crippen LogP contribution in [0.3, 0.4) is 0 Å². The third kappa shape index (κ3) is 5.98. The highest BCUT2D eigenvalue weighted by atomic mass is 31.1. The minimum atomic E-state index is -0.502. The highest BCUT2D eigenvalue weighted by Gasteiger charge is 2.42. The SMILES string of the molecule is CP(c1nc2ccccc2nc1P(C(C)(C)C)C(C)(C)C)C(C)(C)CC(C)(C)C. The van der Waals surface area contributed by atoms with Crippen molar-refractivity contribution in [1.82, 2.24) is 9.97 Å².